The number of aliphatic hydroxyl groups is 2. The van der Waals surface area contributed by atoms with Crippen molar-refractivity contribution in [3.63, 3.8) is 0 Å². The first-order valence-electron chi connectivity index (χ1n) is 4.26. The highest BCUT2D eigenvalue weighted by Crippen LogP contribution is 2.07. The number of nitrogens with one attached hydrogen (secondary N) is 1. The Morgan fingerprint density at radius 3 is 2.93 bits per heavy atom. The second-order valence-corrected chi connectivity index (χ2v) is 2.94. The van der Waals surface area contributed by atoms with E-state index in [0.717, 1.165) is 0 Å². The molecule has 0 radical (unpaired) electrons. The molecule has 14 heavy (non-hydrogen) atoms. The van der Waals surface area contributed by atoms with Crippen molar-refractivity contribution in [3.05, 3.63) is 23.7 Å². The predicted octanol–water partition coefficient (Wildman–Crippen LogP) is -0.329. The van der Waals surface area contributed by atoms with E-state index in [1.54, 1.807) is 13.0 Å². The van der Waals surface area contributed by atoms with E-state index in [1.807, 2.05) is 0 Å². The third-order valence-electron chi connectivity index (χ3n) is 1.81. The van der Waals surface area contributed by atoms with Gasteiger partial charge in [0.05, 0.1) is 24.5 Å². The second-order valence-electron chi connectivity index (χ2n) is 2.94. The number of carbonyl (C=O) groups is 1. The van der Waals surface area contributed by atoms with Crippen molar-refractivity contribution in [2.45, 2.75) is 13.0 Å². The van der Waals surface area contributed by atoms with Crippen LogP contribution in [0.4, 0.5) is 0 Å². The molecule has 5 nitrogen and oxygen atoms in total. The van der Waals surface area contributed by atoms with Crippen LogP contribution >= 0.6 is 0 Å². The topological polar surface area (TPSA) is 82.7 Å². The number of amides is 1. The molecular weight excluding hydrogens is 186 g/mol. The maximum Gasteiger partial charge on any atom is 0.254 e. The van der Waals surface area contributed by atoms with Gasteiger partial charge in [0.25, 0.3) is 5.91 Å². The zero-order chi connectivity index (χ0) is 10.6. The number of aryl methyl sites for hydroxylation is 1. The summed E-state index contributed by atoms with van der Waals surface area (Å²) >= 11 is 0. The highest BCUT2D eigenvalue weighted by Gasteiger charge is 2.12. The first-order chi connectivity index (χ1) is 6.65. The summed E-state index contributed by atoms with van der Waals surface area (Å²) in [4.78, 5) is 11.4. The molecule has 0 aliphatic heterocycles. The third-order valence-corrected chi connectivity index (χ3v) is 1.81. The zero-order valence-corrected chi connectivity index (χ0v) is 7.86. The number of hydrogen-bond acceptors (Lipinski definition) is 4. The molecule has 78 valence electrons. The van der Waals surface area contributed by atoms with Crippen LogP contribution in [0.1, 0.15) is 16.1 Å². The fourth-order valence-electron chi connectivity index (χ4n) is 0.991. The molecule has 1 aromatic rings. The molecule has 0 saturated heterocycles. The van der Waals surface area contributed by atoms with Gasteiger partial charge >= 0.3 is 0 Å². The summed E-state index contributed by atoms with van der Waals surface area (Å²) in [5.74, 6) is 0.213. The van der Waals surface area contributed by atoms with Crippen LogP contribution in [0.2, 0.25) is 0 Å². The maximum absolute atomic E-state index is 11.4. The molecule has 1 rings (SSSR count). The molecule has 0 spiro atoms. The van der Waals surface area contributed by atoms with Crippen molar-refractivity contribution in [2.24, 2.45) is 0 Å². The van der Waals surface area contributed by atoms with Crippen LogP contribution in [-0.2, 0) is 0 Å². The van der Waals surface area contributed by atoms with Crippen LogP contribution in [0.3, 0.4) is 0 Å². The first-order valence-corrected chi connectivity index (χ1v) is 4.26. The molecule has 1 amide bonds. The van der Waals surface area contributed by atoms with Gasteiger partial charge in [0.1, 0.15) is 5.76 Å². The van der Waals surface area contributed by atoms with E-state index in [9.17, 15) is 4.79 Å². The number of aliphatic hydroxyl groups excluding tert-OH is 2. The molecule has 1 aromatic heterocycles. The lowest BCUT2D eigenvalue weighted by Gasteiger charge is -2.07. The highest BCUT2D eigenvalue weighted by molar-refractivity contribution is 5.95. The summed E-state index contributed by atoms with van der Waals surface area (Å²) in [7, 11) is 0. The Balaban J connectivity index is 2.47. The number of furan rings is 1. The van der Waals surface area contributed by atoms with E-state index in [0.29, 0.717) is 11.3 Å². The van der Waals surface area contributed by atoms with E-state index in [-0.39, 0.29) is 19.1 Å². The lowest BCUT2D eigenvalue weighted by molar-refractivity contribution is 0.0801. The molecule has 0 fully saturated rings. The lowest BCUT2D eigenvalue weighted by atomic mass is 10.2. The van der Waals surface area contributed by atoms with Crippen molar-refractivity contribution in [1.29, 1.82) is 0 Å². The van der Waals surface area contributed by atoms with E-state index in [4.69, 9.17) is 14.6 Å². The second kappa shape index (κ2) is 4.78. The molecule has 3 N–H and O–H groups in total. The third kappa shape index (κ3) is 2.58. The Morgan fingerprint density at radius 2 is 2.43 bits per heavy atom. The van der Waals surface area contributed by atoms with Gasteiger partial charge in [-0.05, 0) is 13.0 Å². The minimum atomic E-state index is -0.925. The van der Waals surface area contributed by atoms with Gasteiger partial charge < -0.3 is 19.9 Å². The summed E-state index contributed by atoms with van der Waals surface area (Å²) in [6.45, 7) is 1.34. The fraction of sp³-hybridized carbons (Fsp3) is 0.444. The molecule has 0 bridgehead atoms. The molecule has 0 aromatic carbocycles. The van der Waals surface area contributed by atoms with E-state index < -0.39 is 6.10 Å². The largest absolute Gasteiger partial charge is 0.469 e. The molecule has 0 aliphatic rings. The summed E-state index contributed by atoms with van der Waals surface area (Å²) < 4.78 is 4.95. The number of hydrogen-bond donors (Lipinski definition) is 3. The SMILES string of the molecule is Cc1occc1C(=O)NCC(O)CO. The molecule has 0 aliphatic carbocycles. The van der Waals surface area contributed by atoms with Gasteiger partial charge in [-0.2, -0.15) is 0 Å². The summed E-state index contributed by atoms with van der Waals surface area (Å²) in [5.41, 5.74) is 0.440. The van der Waals surface area contributed by atoms with Crippen molar-refractivity contribution in [3.8, 4) is 0 Å². The van der Waals surface area contributed by atoms with E-state index in [2.05, 4.69) is 5.32 Å². The first kappa shape index (κ1) is 10.7. The molecule has 1 atom stereocenters. The van der Waals surface area contributed by atoms with Gasteiger partial charge in [0.2, 0.25) is 0 Å². The van der Waals surface area contributed by atoms with Crippen LogP contribution in [0.5, 0.6) is 0 Å². The normalized spacial score (nSPS) is 12.5. The van der Waals surface area contributed by atoms with Crippen molar-refractivity contribution < 1.29 is 19.4 Å². The van der Waals surface area contributed by atoms with Crippen LogP contribution in [0.25, 0.3) is 0 Å². The van der Waals surface area contributed by atoms with Gasteiger partial charge in [-0.1, -0.05) is 0 Å². The Morgan fingerprint density at radius 1 is 1.71 bits per heavy atom. The molecule has 5 heteroatoms. The minimum Gasteiger partial charge on any atom is -0.469 e. The van der Waals surface area contributed by atoms with Gasteiger partial charge in [0.15, 0.2) is 0 Å². The molecule has 1 heterocycles. The average Bonchev–Trinajstić information content (AvgIpc) is 2.60. The summed E-state index contributed by atoms with van der Waals surface area (Å²) in [6, 6.07) is 1.55. The average molecular weight is 199 g/mol. The van der Waals surface area contributed by atoms with Crippen LogP contribution in [0, 0.1) is 6.92 Å². The fourth-order valence-corrected chi connectivity index (χ4v) is 0.991. The summed E-state index contributed by atoms with van der Waals surface area (Å²) in [5, 5.41) is 20.0. The van der Waals surface area contributed by atoms with Gasteiger partial charge in [0, 0.05) is 6.54 Å². The Hall–Kier alpha value is -1.33. The maximum atomic E-state index is 11.4. The van der Waals surface area contributed by atoms with Crippen LogP contribution < -0.4 is 5.32 Å². The highest BCUT2D eigenvalue weighted by atomic mass is 16.3. The Labute approximate surface area is 81.4 Å². The van der Waals surface area contributed by atoms with Gasteiger partial charge in [-0.15, -0.1) is 0 Å². The standard InChI is InChI=1S/C9H13NO4/c1-6-8(2-3-14-6)9(13)10-4-7(12)5-11/h2-3,7,11-12H,4-5H2,1H3,(H,10,13). The molecule has 1 unspecified atom stereocenters. The Bertz CT molecular complexity index is 308. The van der Waals surface area contributed by atoms with Gasteiger partial charge in [-0.25, -0.2) is 0 Å². The number of carbonyl (C=O) groups excluding carboxylic acids is 1. The molecular formula is C9H13NO4. The predicted molar refractivity (Wildman–Crippen MR) is 48.9 cm³/mol. The minimum absolute atomic E-state index is 0.0277. The Kier molecular flexibility index (Phi) is 3.67. The summed E-state index contributed by atoms with van der Waals surface area (Å²) in [6.07, 6.45) is 0.498. The van der Waals surface area contributed by atoms with E-state index >= 15 is 0 Å². The lowest BCUT2D eigenvalue weighted by Crippen LogP contribution is -2.33. The molecule has 0 saturated carbocycles. The monoisotopic (exact) mass is 199 g/mol. The van der Waals surface area contributed by atoms with E-state index in [1.165, 1.54) is 6.26 Å². The zero-order valence-electron chi connectivity index (χ0n) is 7.86. The van der Waals surface area contributed by atoms with Crippen molar-refractivity contribution in [1.82, 2.24) is 5.32 Å². The van der Waals surface area contributed by atoms with Crippen molar-refractivity contribution in [2.75, 3.05) is 13.2 Å². The van der Waals surface area contributed by atoms with Crippen LogP contribution in [-0.4, -0.2) is 35.4 Å². The smallest absolute Gasteiger partial charge is 0.254 e. The van der Waals surface area contributed by atoms with Crippen LogP contribution in [0.15, 0.2) is 16.7 Å². The van der Waals surface area contributed by atoms with Gasteiger partial charge in [-0.3, -0.25) is 4.79 Å². The quantitative estimate of drug-likeness (QED) is 0.620. The van der Waals surface area contributed by atoms with Crippen molar-refractivity contribution >= 4 is 5.91 Å². The number of rotatable bonds is 4.